The summed E-state index contributed by atoms with van der Waals surface area (Å²) in [6, 6.07) is 6.74. The molecular weight excluding hydrogens is 352 g/mol. The van der Waals surface area contributed by atoms with E-state index in [4.69, 9.17) is 9.47 Å². The zero-order valence-corrected chi connectivity index (χ0v) is 18.2. The van der Waals surface area contributed by atoms with Gasteiger partial charge in [-0.25, -0.2) is 9.59 Å². The molecule has 28 heavy (non-hydrogen) atoms. The highest BCUT2D eigenvalue weighted by molar-refractivity contribution is 6.03. The van der Waals surface area contributed by atoms with Crippen molar-refractivity contribution in [3.63, 3.8) is 0 Å². The number of ether oxygens (including phenoxy) is 2. The van der Waals surface area contributed by atoms with Gasteiger partial charge >= 0.3 is 11.9 Å². The molecule has 0 aliphatic rings. The van der Waals surface area contributed by atoms with Crippen molar-refractivity contribution in [2.75, 3.05) is 13.2 Å². The second kappa shape index (κ2) is 14.2. The number of esters is 2. The summed E-state index contributed by atoms with van der Waals surface area (Å²) in [6.07, 6.45) is 9.14. The third kappa shape index (κ3) is 9.38. The normalized spacial score (nSPS) is 13.0. The van der Waals surface area contributed by atoms with Crippen LogP contribution in [-0.2, 0) is 9.47 Å². The van der Waals surface area contributed by atoms with Crippen LogP contribution in [0, 0.1) is 11.8 Å². The van der Waals surface area contributed by atoms with Crippen LogP contribution >= 0.6 is 0 Å². The monoisotopic (exact) mass is 390 g/mol. The van der Waals surface area contributed by atoms with Gasteiger partial charge in [-0.2, -0.15) is 0 Å². The van der Waals surface area contributed by atoms with Crippen molar-refractivity contribution in [3.05, 3.63) is 35.4 Å². The summed E-state index contributed by atoms with van der Waals surface area (Å²) < 4.78 is 10.9. The summed E-state index contributed by atoms with van der Waals surface area (Å²) >= 11 is 0. The molecule has 4 nitrogen and oxygen atoms in total. The fourth-order valence-electron chi connectivity index (χ4n) is 3.08. The van der Waals surface area contributed by atoms with E-state index >= 15 is 0 Å². The van der Waals surface area contributed by atoms with Gasteiger partial charge in [0, 0.05) is 0 Å². The number of rotatable bonds is 14. The minimum Gasteiger partial charge on any atom is -0.462 e. The molecule has 1 aromatic carbocycles. The zero-order chi connectivity index (χ0) is 20.8. The number of unbranched alkanes of at least 4 members (excludes halogenated alkanes) is 4. The van der Waals surface area contributed by atoms with E-state index in [1.165, 1.54) is 25.7 Å². The maximum atomic E-state index is 12.5. The Morgan fingerprint density at radius 2 is 1.14 bits per heavy atom. The molecule has 1 rings (SSSR count). The van der Waals surface area contributed by atoms with E-state index in [2.05, 4.69) is 27.7 Å². The minimum absolute atomic E-state index is 0.284. The van der Waals surface area contributed by atoms with Gasteiger partial charge in [0.2, 0.25) is 0 Å². The molecule has 0 aromatic heterocycles. The highest BCUT2D eigenvalue weighted by Crippen LogP contribution is 2.16. The molecule has 0 saturated heterocycles. The summed E-state index contributed by atoms with van der Waals surface area (Å²) in [5.74, 6) is -0.270. The second-order valence-electron chi connectivity index (χ2n) is 7.94. The maximum Gasteiger partial charge on any atom is 0.339 e. The summed E-state index contributed by atoms with van der Waals surface area (Å²) in [6.45, 7) is 9.27. The van der Waals surface area contributed by atoms with E-state index in [0.717, 1.165) is 25.7 Å². The first kappa shape index (κ1) is 24.2. The average molecular weight is 391 g/mol. The highest BCUT2D eigenvalue weighted by Gasteiger charge is 2.20. The van der Waals surface area contributed by atoms with E-state index in [1.807, 2.05) is 0 Å². The summed E-state index contributed by atoms with van der Waals surface area (Å²) in [7, 11) is 0. The molecule has 158 valence electrons. The molecule has 0 radical (unpaired) electrons. The van der Waals surface area contributed by atoms with E-state index in [1.54, 1.807) is 24.3 Å². The van der Waals surface area contributed by atoms with E-state index in [9.17, 15) is 9.59 Å². The number of hydrogen-bond donors (Lipinski definition) is 0. The van der Waals surface area contributed by atoms with Gasteiger partial charge in [0.05, 0.1) is 24.3 Å². The Bertz CT molecular complexity index is 531. The lowest BCUT2D eigenvalue weighted by molar-refractivity contribution is 0.0396. The van der Waals surface area contributed by atoms with Crippen LogP contribution in [0.15, 0.2) is 24.3 Å². The Kier molecular flexibility index (Phi) is 12.3. The van der Waals surface area contributed by atoms with Crippen molar-refractivity contribution >= 4 is 11.9 Å². The lowest BCUT2D eigenvalue weighted by Crippen LogP contribution is -2.18. The summed E-state index contributed by atoms with van der Waals surface area (Å²) in [5.41, 5.74) is 0.568. The fourth-order valence-corrected chi connectivity index (χ4v) is 3.08. The number of benzene rings is 1. The van der Waals surface area contributed by atoms with Crippen LogP contribution in [0.1, 0.15) is 99.8 Å². The molecule has 0 N–H and O–H groups in total. The third-order valence-corrected chi connectivity index (χ3v) is 4.97. The van der Waals surface area contributed by atoms with Crippen LogP contribution in [0.2, 0.25) is 0 Å². The van der Waals surface area contributed by atoms with E-state index in [0.29, 0.717) is 25.0 Å². The smallest absolute Gasteiger partial charge is 0.339 e. The van der Waals surface area contributed by atoms with Gasteiger partial charge in [-0.05, 0) is 36.8 Å². The molecule has 0 heterocycles. The van der Waals surface area contributed by atoms with Crippen LogP contribution in [0.4, 0.5) is 0 Å². The van der Waals surface area contributed by atoms with Crippen molar-refractivity contribution in [1.29, 1.82) is 0 Å². The van der Waals surface area contributed by atoms with Gasteiger partial charge in [-0.15, -0.1) is 0 Å². The van der Waals surface area contributed by atoms with E-state index < -0.39 is 11.9 Å². The molecule has 0 spiro atoms. The Hall–Kier alpha value is -1.84. The molecule has 0 bridgehead atoms. The van der Waals surface area contributed by atoms with Crippen LogP contribution in [0.5, 0.6) is 0 Å². The molecule has 2 unspecified atom stereocenters. The first-order valence-corrected chi connectivity index (χ1v) is 10.9. The van der Waals surface area contributed by atoms with Crippen molar-refractivity contribution < 1.29 is 19.1 Å². The molecule has 4 heteroatoms. The van der Waals surface area contributed by atoms with Crippen LogP contribution in [0.3, 0.4) is 0 Å². The topological polar surface area (TPSA) is 52.6 Å². The SMILES string of the molecule is CCCCCC(C)COC(=O)c1ccccc1C(=O)OCC(C)CCCCC. The molecule has 0 saturated carbocycles. The Balaban J connectivity index is 2.55. The third-order valence-electron chi connectivity index (χ3n) is 4.97. The Labute approximate surface area is 171 Å². The molecule has 0 amide bonds. The Morgan fingerprint density at radius 1 is 0.750 bits per heavy atom. The predicted molar refractivity (Wildman–Crippen MR) is 114 cm³/mol. The molecule has 2 atom stereocenters. The lowest BCUT2D eigenvalue weighted by Gasteiger charge is -2.14. The molecule has 0 aliphatic heterocycles. The van der Waals surface area contributed by atoms with Crippen molar-refractivity contribution in [2.24, 2.45) is 11.8 Å². The largest absolute Gasteiger partial charge is 0.462 e. The van der Waals surface area contributed by atoms with Gasteiger partial charge in [0.1, 0.15) is 0 Å². The lowest BCUT2D eigenvalue weighted by atomic mass is 10.0. The molecule has 0 aliphatic carbocycles. The number of hydrogen-bond acceptors (Lipinski definition) is 4. The molecule has 0 fully saturated rings. The Morgan fingerprint density at radius 3 is 1.50 bits per heavy atom. The second-order valence-corrected chi connectivity index (χ2v) is 7.94. The van der Waals surface area contributed by atoms with Gasteiger partial charge in [0.15, 0.2) is 0 Å². The van der Waals surface area contributed by atoms with Gasteiger partial charge in [-0.1, -0.05) is 78.4 Å². The van der Waals surface area contributed by atoms with Gasteiger partial charge in [-0.3, -0.25) is 0 Å². The zero-order valence-electron chi connectivity index (χ0n) is 18.2. The minimum atomic E-state index is -0.453. The number of carbonyl (C=O) groups excluding carboxylic acids is 2. The quantitative estimate of drug-likeness (QED) is 0.271. The first-order valence-electron chi connectivity index (χ1n) is 10.9. The van der Waals surface area contributed by atoms with Crippen molar-refractivity contribution in [1.82, 2.24) is 0 Å². The van der Waals surface area contributed by atoms with E-state index in [-0.39, 0.29) is 11.1 Å². The number of carbonyl (C=O) groups is 2. The average Bonchev–Trinajstić information content (AvgIpc) is 2.70. The summed E-state index contributed by atoms with van der Waals surface area (Å²) in [4.78, 5) is 25.0. The predicted octanol–water partition coefficient (Wildman–Crippen LogP) is 6.43. The maximum absolute atomic E-state index is 12.5. The van der Waals surface area contributed by atoms with Crippen LogP contribution in [0.25, 0.3) is 0 Å². The van der Waals surface area contributed by atoms with Crippen molar-refractivity contribution in [2.45, 2.75) is 79.1 Å². The van der Waals surface area contributed by atoms with Crippen molar-refractivity contribution in [3.8, 4) is 0 Å². The molecule has 1 aromatic rings. The van der Waals surface area contributed by atoms with Gasteiger partial charge in [0.25, 0.3) is 0 Å². The fraction of sp³-hybridized carbons (Fsp3) is 0.667. The standard InChI is InChI=1S/C24H38O4/c1-5-7-9-13-19(3)17-27-23(25)21-15-11-12-16-22(21)24(26)28-18-20(4)14-10-8-6-2/h11-12,15-16,19-20H,5-10,13-14,17-18H2,1-4H3. The van der Waals surface area contributed by atoms with Crippen LogP contribution < -0.4 is 0 Å². The first-order chi connectivity index (χ1) is 13.5. The molecular formula is C24H38O4. The summed E-state index contributed by atoms with van der Waals surface area (Å²) in [5, 5.41) is 0. The van der Waals surface area contributed by atoms with Crippen LogP contribution in [-0.4, -0.2) is 25.2 Å². The van der Waals surface area contributed by atoms with Gasteiger partial charge < -0.3 is 9.47 Å². The highest BCUT2D eigenvalue weighted by atomic mass is 16.5.